The number of ether oxygens (including phenoxy) is 1. The van der Waals surface area contributed by atoms with Crippen LogP contribution in [0.25, 0.3) is 0 Å². The maximum absolute atomic E-state index is 13.6. The fourth-order valence-corrected chi connectivity index (χ4v) is 9.93. The predicted octanol–water partition coefficient (Wildman–Crippen LogP) is 19.4. The van der Waals surface area contributed by atoms with Crippen molar-refractivity contribution in [1.29, 1.82) is 0 Å². The summed E-state index contributed by atoms with van der Waals surface area (Å²) in [6.45, 7) is 6.72. The van der Waals surface area contributed by atoms with Gasteiger partial charge < -0.3 is 28.5 Å². The average molecular weight is 1100 g/mol. The van der Waals surface area contributed by atoms with Crippen LogP contribution in [0.5, 0.6) is 0 Å². The van der Waals surface area contributed by atoms with Gasteiger partial charge in [-0.2, -0.15) is 0 Å². The van der Waals surface area contributed by atoms with Crippen LogP contribution in [-0.4, -0.2) is 69.4 Å². The maximum atomic E-state index is 13.6. The number of amides is 1. The number of rotatable bonds is 58. The molecule has 0 aliphatic rings. The molecule has 77 heavy (non-hydrogen) atoms. The summed E-state index contributed by atoms with van der Waals surface area (Å²) >= 11 is 0. The molecule has 0 saturated heterocycles. The van der Waals surface area contributed by atoms with E-state index in [0.29, 0.717) is 23.9 Å². The van der Waals surface area contributed by atoms with Crippen LogP contribution >= 0.6 is 7.82 Å². The zero-order valence-corrected chi connectivity index (χ0v) is 52.0. The Morgan fingerprint density at radius 1 is 0.468 bits per heavy atom. The van der Waals surface area contributed by atoms with Gasteiger partial charge in [0.25, 0.3) is 7.82 Å². The highest BCUT2D eigenvalue weighted by molar-refractivity contribution is 7.45. The molecule has 0 aliphatic carbocycles. The van der Waals surface area contributed by atoms with E-state index in [1.807, 2.05) is 33.3 Å². The van der Waals surface area contributed by atoms with Gasteiger partial charge in [-0.1, -0.05) is 280 Å². The van der Waals surface area contributed by atoms with Crippen molar-refractivity contribution >= 4 is 19.7 Å². The molecule has 0 fully saturated rings. The summed E-state index contributed by atoms with van der Waals surface area (Å²) in [6.07, 6.45) is 73.1. The van der Waals surface area contributed by atoms with E-state index in [0.717, 1.165) is 77.0 Å². The highest BCUT2D eigenvalue weighted by Gasteiger charge is 2.27. The minimum absolute atomic E-state index is 0.0318. The Labute approximate surface area is 476 Å². The van der Waals surface area contributed by atoms with Crippen LogP contribution in [0.4, 0.5) is 0 Å². The van der Waals surface area contributed by atoms with E-state index in [9.17, 15) is 19.0 Å². The molecule has 0 saturated carbocycles. The number of nitrogens with zero attached hydrogens (tertiary/aromatic N) is 1. The van der Waals surface area contributed by atoms with Gasteiger partial charge in [-0.05, 0) is 70.3 Å². The number of carbonyl (C=O) groups excluding carboxylic acids is 2. The van der Waals surface area contributed by atoms with Gasteiger partial charge >= 0.3 is 5.97 Å². The second kappa shape index (κ2) is 56.7. The Hall–Kier alpha value is -2.55. The van der Waals surface area contributed by atoms with Crippen LogP contribution in [0.2, 0.25) is 0 Å². The molecule has 0 aromatic carbocycles. The van der Waals surface area contributed by atoms with Crippen molar-refractivity contribution in [2.45, 2.75) is 303 Å². The van der Waals surface area contributed by atoms with Gasteiger partial charge in [0, 0.05) is 12.8 Å². The van der Waals surface area contributed by atoms with Crippen molar-refractivity contribution in [1.82, 2.24) is 5.32 Å². The lowest BCUT2D eigenvalue weighted by Crippen LogP contribution is -2.47. The largest absolute Gasteiger partial charge is 0.756 e. The average Bonchev–Trinajstić information content (AvgIpc) is 3.39. The molecule has 0 aromatic rings. The first-order chi connectivity index (χ1) is 37.4. The molecule has 448 valence electrons. The third-order valence-electron chi connectivity index (χ3n) is 14.2. The Bertz CT molecular complexity index is 1550. The predicted molar refractivity (Wildman–Crippen MR) is 330 cm³/mol. The van der Waals surface area contributed by atoms with Crippen molar-refractivity contribution in [3.8, 4) is 0 Å². The minimum atomic E-state index is -4.71. The van der Waals surface area contributed by atoms with E-state index in [2.05, 4.69) is 86.8 Å². The van der Waals surface area contributed by atoms with E-state index in [-0.39, 0.29) is 18.9 Å². The van der Waals surface area contributed by atoms with Crippen LogP contribution < -0.4 is 10.2 Å². The van der Waals surface area contributed by atoms with Crippen LogP contribution in [0, 0.1) is 0 Å². The number of nitrogens with one attached hydrogen (secondary N) is 1. The quantitative estimate of drug-likeness (QED) is 0.0212. The molecule has 0 aromatic heterocycles. The third kappa shape index (κ3) is 57.9. The molecule has 0 aliphatic heterocycles. The number of allylic oxidation sites excluding steroid dienone is 11. The molecule has 1 N–H and O–H groups in total. The zero-order chi connectivity index (χ0) is 56.4. The smallest absolute Gasteiger partial charge is 0.306 e. The molecule has 9 nitrogen and oxygen atoms in total. The van der Waals surface area contributed by atoms with Crippen LogP contribution in [0.15, 0.2) is 72.9 Å². The van der Waals surface area contributed by atoms with Gasteiger partial charge in [0.05, 0.1) is 33.8 Å². The van der Waals surface area contributed by atoms with E-state index < -0.39 is 32.5 Å². The monoisotopic (exact) mass is 1100 g/mol. The normalized spacial score (nSPS) is 14.1. The van der Waals surface area contributed by atoms with Gasteiger partial charge in [0.1, 0.15) is 19.3 Å². The first-order valence-electron chi connectivity index (χ1n) is 32.2. The van der Waals surface area contributed by atoms with E-state index in [1.54, 1.807) is 0 Å². The Morgan fingerprint density at radius 3 is 1.26 bits per heavy atom. The van der Waals surface area contributed by atoms with Gasteiger partial charge in [0.15, 0.2) is 0 Å². The summed E-state index contributed by atoms with van der Waals surface area (Å²) in [5, 5.41) is 3.02. The summed E-state index contributed by atoms with van der Waals surface area (Å²) in [6, 6.07) is -0.912. The Balaban J connectivity index is 5.28. The Morgan fingerprint density at radius 2 is 0.844 bits per heavy atom. The van der Waals surface area contributed by atoms with Crippen LogP contribution in [0.1, 0.15) is 290 Å². The molecule has 0 radical (unpaired) electrons. The molecular weight excluding hydrogens is 976 g/mol. The first-order valence-corrected chi connectivity index (χ1v) is 33.7. The lowest BCUT2D eigenvalue weighted by atomic mass is 10.0. The SMILES string of the molecule is CC/C=C\C/C=C\C/C=C\C/C=C\C/C=C\CCCC(=O)OC(/C=C/CCCCCCCCCCCCC)C(COP(=O)([O-])OCC[N+](C)(C)C)NC(=O)CCCCCCCCCCCCCCCCCCCCCCC. The number of phosphoric ester groups is 1. The van der Waals surface area contributed by atoms with E-state index >= 15 is 0 Å². The molecule has 0 heterocycles. The Kier molecular flexibility index (Phi) is 54.8. The van der Waals surface area contributed by atoms with Crippen LogP contribution in [-0.2, 0) is 27.9 Å². The number of quaternary nitrogens is 1. The fraction of sp³-hybridized carbons (Fsp3) is 0.791. The van der Waals surface area contributed by atoms with E-state index in [1.165, 1.54) is 173 Å². The number of likely N-dealkylation sites (N-methyl/N-ethyl adjacent to an activating group) is 1. The van der Waals surface area contributed by atoms with Crippen molar-refractivity contribution in [3.63, 3.8) is 0 Å². The highest BCUT2D eigenvalue weighted by atomic mass is 31.2. The number of phosphoric acid groups is 1. The lowest BCUT2D eigenvalue weighted by Gasteiger charge is -2.30. The molecule has 0 rings (SSSR count). The van der Waals surface area contributed by atoms with Crippen molar-refractivity contribution in [2.75, 3.05) is 40.9 Å². The molecular formula is C67H123N2O7P. The van der Waals surface area contributed by atoms with Crippen LogP contribution in [0.3, 0.4) is 0 Å². The molecule has 3 atom stereocenters. The minimum Gasteiger partial charge on any atom is -0.756 e. The lowest BCUT2D eigenvalue weighted by molar-refractivity contribution is -0.870. The second-order valence-corrected chi connectivity index (χ2v) is 24.3. The van der Waals surface area contributed by atoms with Crippen molar-refractivity contribution in [2.24, 2.45) is 0 Å². The summed E-state index contributed by atoms with van der Waals surface area (Å²) in [4.78, 5) is 40.0. The van der Waals surface area contributed by atoms with Gasteiger partial charge in [-0.3, -0.25) is 14.2 Å². The summed E-state index contributed by atoms with van der Waals surface area (Å²) < 4.78 is 30.3. The molecule has 3 unspecified atom stereocenters. The molecule has 1 amide bonds. The number of hydrogen-bond donors (Lipinski definition) is 1. The topological polar surface area (TPSA) is 114 Å². The molecule has 10 heteroatoms. The summed E-state index contributed by atoms with van der Waals surface area (Å²) in [5.74, 6) is -0.601. The number of carbonyl (C=O) groups is 2. The summed E-state index contributed by atoms with van der Waals surface area (Å²) in [5.41, 5.74) is 0. The standard InChI is InChI=1S/C67H123N2O7P/c1-7-10-13-16-19-22-25-28-30-32-33-34-35-37-38-41-44-47-50-53-56-59-66(70)68-64(63-75-77(72,73)74-62-61-69(4,5)6)65(58-55-52-49-46-43-40-27-24-21-18-15-12-9-3)76-67(71)60-57-54-51-48-45-42-39-36-31-29-26-23-20-17-14-11-8-2/h11,14,20,23,29,31,39,42,48,51,55,58,64-65H,7-10,12-13,15-19,21-22,24-28,30,32-38,40-41,43-47,49-50,52-54,56-57,59-63H2,1-6H3,(H-,68,70,72,73)/b14-11-,23-20-,31-29-,42-39-,51-48-,58-55+. The highest BCUT2D eigenvalue weighted by Crippen LogP contribution is 2.38. The van der Waals surface area contributed by atoms with Crippen molar-refractivity contribution < 1.29 is 37.3 Å². The summed E-state index contributed by atoms with van der Waals surface area (Å²) in [7, 11) is 1.16. The third-order valence-corrected chi connectivity index (χ3v) is 15.1. The van der Waals surface area contributed by atoms with Gasteiger partial charge in [0.2, 0.25) is 5.91 Å². The van der Waals surface area contributed by atoms with E-state index in [4.69, 9.17) is 13.8 Å². The number of unbranched alkanes of at least 4 members (excludes halogenated alkanes) is 32. The van der Waals surface area contributed by atoms with Gasteiger partial charge in [-0.15, -0.1) is 0 Å². The molecule has 0 bridgehead atoms. The van der Waals surface area contributed by atoms with Crippen molar-refractivity contribution in [3.05, 3.63) is 72.9 Å². The zero-order valence-electron chi connectivity index (χ0n) is 51.2. The fourth-order valence-electron chi connectivity index (χ4n) is 9.21. The maximum Gasteiger partial charge on any atom is 0.306 e. The second-order valence-electron chi connectivity index (χ2n) is 22.9. The first kappa shape index (κ1) is 74.5. The number of hydrogen-bond acceptors (Lipinski definition) is 7. The van der Waals surface area contributed by atoms with Gasteiger partial charge in [-0.25, -0.2) is 0 Å². The molecule has 0 spiro atoms. The number of esters is 1.